The van der Waals surface area contributed by atoms with Crippen LogP contribution in [0.4, 0.5) is 0 Å². The van der Waals surface area contributed by atoms with Crippen LogP contribution in [-0.2, 0) is 0 Å². The summed E-state index contributed by atoms with van der Waals surface area (Å²) in [5.41, 5.74) is 8.44. The van der Waals surface area contributed by atoms with Crippen LogP contribution in [-0.4, -0.2) is 0 Å². The fourth-order valence-electron chi connectivity index (χ4n) is 5.78. The molecule has 40 heavy (non-hydrogen) atoms. The highest BCUT2D eigenvalue weighted by molar-refractivity contribution is 6.09. The third-order valence-corrected chi connectivity index (χ3v) is 7.72. The Labute approximate surface area is 231 Å². The molecular weight excluding hydrogens is 488 g/mol. The highest BCUT2D eigenvalue weighted by Crippen LogP contribution is 2.43. The summed E-state index contributed by atoms with van der Waals surface area (Å²) < 4.78 is 13.2. The van der Waals surface area contributed by atoms with Gasteiger partial charge in [-0.3, -0.25) is 0 Å². The van der Waals surface area contributed by atoms with Gasteiger partial charge in [0, 0.05) is 32.7 Å². The zero-order chi connectivity index (χ0) is 26.5. The van der Waals surface area contributed by atoms with Crippen LogP contribution in [0.1, 0.15) is 0 Å². The normalized spacial score (nSPS) is 11.5. The maximum Gasteiger partial charge on any atom is 0.143 e. The van der Waals surface area contributed by atoms with E-state index in [0.29, 0.717) is 0 Å². The summed E-state index contributed by atoms with van der Waals surface area (Å²) in [6.45, 7) is 0. The summed E-state index contributed by atoms with van der Waals surface area (Å²) >= 11 is 0. The van der Waals surface area contributed by atoms with Crippen LogP contribution in [0.25, 0.3) is 77.6 Å². The van der Waals surface area contributed by atoms with Gasteiger partial charge in [-0.1, -0.05) is 121 Å². The standard InChI is InChI=1S/C38H24O2/c1-3-11-25(12-4-1)27-19-21-30-31-22-20-28(24-36(31)39-35(30)23-27)37-33-17-9-10-18-34(33)38(40-37)32-16-8-7-15-29(32)26-13-5-2-6-14-26/h1-24H. The van der Waals surface area contributed by atoms with Crippen LogP contribution in [0, 0.1) is 0 Å². The Balaban J connectivity index is 1.29. The Kier molecular flexibility index (Phi) is 5.17. The SMILES string of the molecule is c1ccc(-c2ccc3c(c2)oc2cc(-c4oc(-c5ccccc5-c5ccccc5)c5ccccc45)ccc23)cc1. The van der Waals surface area contributed by atoms with Crippen molar-refractivity contribution >= 4 is 32.7 Å². The predicted octanol–water partition coefficient (Wildman–Crippen LogP) is 11.0. The molecule has 2 heterocycles. The molecule has 2 aromatic heterocycles. The monoisotopic (exact) mass is 512 g/mol. The Morgan fingerprint density at radius 2 is 0.825 bits per heavy atom. The Morgan fingerprint density at radius 1 is 0.300 bits per heavy atom. The van der Waals surface area contributed by atoms with Gasteiger partial charge in [0.1, 0.15) is 22.7 Å². The molecule has 0 fully saturated rings. The zero-order valence-corrected chi connectivity index (χ0v) is 21.7. The third-order valence-electron chi connectivity index (χ3n) is 7.72. The second-order valence-electron chi connectivity index (χ2n) is 10.1. The van der Waals surface area contributed by atoms with Gasteiger partial charge in [-0.05, 0) is 46.5 Å². The lowest BCUT2D eigenvalue weighted by molar-refractivity contribution is 0.602. The first-order valence-electron chi connectivity index (χ1n) is 13.5. The van der Waals surface area contributed by atoms with Crippen molar-refractivity contribution in [2.24, 2.45) is 0 Å². The van der Waals surface area contributed by atoms with E-state index in [1.807, 2.05) is 12.1 Å². The lowest BCUT2D eigenvalue weighted by Crippen LogP contribution is -1.83. The van der Waals surface area contributed by atoms with Crippen LogP contribution in [0.5, 0.6) is 0 Å². The van der Waals surface area contributed by atoms with Gasteiger partial charge < -0.3 is 8.83 Å². The van der Waals surface area contributed by atoms with Crippen LogP contribution in [0.3, 0.4) is 0 Å². The molecule has 0 unspecified atom stereocenters. The quantitative estimate of drug-likeness (QED) is 0.234. The predicted molar refractivity (Wildman–Crippen MR) is 165 cm³/mol. The molecule has 0 amide bonds. The van der Waals surface area contributed by atoms with Gasteiger partial charge in [0.05, 0.1) is 0 Å². The zero-order valence-electron chi connectivity index (χ0n) is 21.7. The van der Waals surface area contributed by atoms with E-state index in [2.05, 4.69) is 133 Å². The summed E-state index contributed by atoms with van der Waals surface area (Å²) in [6, 6.07) is 50.6. The van der Waals surface area contributed by atoms with Crippen molar-refractivity contribution in [3.63, 3.8) is 0 Å². The summed E-state index contributed by atoms with van der Waals surface area (Å²) in [6.07, 6.45) is 0. The van der Waals surface area contributed by atoms with Crippen LogP contribution in [0.2, 0.25) is 0 Å². The van der Waals surface area contributed by atoms with Gasteiger partial charge in [-0.2, -0.15) is 0 Å². The highest BCUT2D eigenvalue weighted by atomic mass is 16.3. The Bertz CT molecular complexity index is 2150. The number of fused-ring (bicyclic) bond motifs is 4. The molecule has 0 N–H and O–H groups in total. The highest BCUT2D eigenvalue weighted by Gasteiger charge is 2.20. The third kappa shape index (κ3) is 3.65. The van der Waals surface area contributed by atoms with Crippen LogP contribution >= 0.6 is 0 Å². The topological polar surface area (TPSA) is 26.3 Å². The smallest absolute Gasteiger partial charge is 0.143 e. The van der Waals surface area contributed by atoms with E-state index in [1.54, 1.807) is 0 Å². The number of furan rings is 2. The van der Waals surface area contributed by atoms with Crippen molar-refractivity contribution in [2.75, 3.05) is 0 Å². The maximum atomic E-state index is 6.76. The van der Waals surface area contributed by atoms with Crippen molar-refractivity contribution in [1.29, 1.82) is 0 Å². The second-order valence-corrected chi connectivity index (χ2v) is 10.1. The van der Waals surface area contributed by atoms with Crippen LogP contribution < -0.4 is 0 Å². The van der Waals surface area contributed by atoms with Crippen molar-refractivity contribution < 1.29 is 8.83 Å². The van der Waals surface area contributed by atoms with Crippen LogP contribution in [0.15, 0.2) is 154 Å². The number of rotatable bonds is 4. The van der Waals surface area contributed by atoms with Crippen molar-refractivity contribution in [3.8, 4) is 44.9 Å². The van der Waals surface area contributed by atoms with Crippen molar-refractivity contribution in [1.82, 2.24) is 0 Å². The minimum atomic E-state index is 0.848. The van der Waals surface area contributed by atoms with E-state index in [4.69, 9.17) is 8.83 Å². The molecule has 6 aromatic carbocycles. The van der Waals surface area contributed by atoms with E-state index >= 15 is 0 Å². The molecule has 8 rings (SSSR count). The average Bonchev–Trinajstić information content (AvgIpc) is 3.60. The molecular formula is C38H24O2. The molecule has 0 saturated heterocycles. The van der Waals surface area contributed by atoms with Gasteiger partial charge in [0.25, 0.3) is 0 Å². The molecule has 0 spiro atoms. The maximum absolute atomic E-state index is 6.76. The Hall–Kier alpha value is -5.34. The largest absolute Gasteiger partial charge is 0.456 e. The van der Waals surface area contributed by atoms with E-state index in [1.165, 1.54) is 11.1 Å². The summed E-state index contributed by atoms with van der Waals surface area (Å²) in [5.74, 6) is 1.73. The lowest BCUT2D eigenvalue weighted by atomic mass is 9.96. The molecule has 0 aliphatic heterocycles. The minimum absolute atomic E-state index is 0.848. The van der Waals surface area contributed by atoms with E-state index in [-0.39, 0.29) is 0 Å². The van der Waals surface area contributed by atoms with Gasteiger partial charge in [0.15, 0.2) is 0 Å². The molecule has 0 radical (unpaired) electrons. The van der Waals surface area contributed by atoms with Gasteiger partial charge >= 0.3 is 0 Å². The first-order valence-corrected chi connectivity index (χ1v) is 13.5. The van der Waals surface area contributed by atoms with Gasteiger partial charge in [0.2, 0.25) is 0 Å². The van der Waals surface area contributed by atoms with Gasteiger partial charge in [-0.25, -0.2) is 0 Å². The molecule has 188 valence electrons. The van der Waals surface area contributed by atoms with Crippen molar-refractivity contribution in [2.45, 2.75) is 0 Å². The lowest BCUT2D eigenvalue weighted by Gasteiger charge is -2.08. The Morgan fingerprint density at radius 3 is 1.52 bits per heavy atom. The average molecular weight is 513 g/mol. The molecule has 2 nitrogen and oxygen atoms in total. The molecule has 8 aromatic rings. The molecule has 0 saturated carbocycles. The van der Waals surface area contributed by atoms with Gasteiger partial charge in [-0.15, -0.1) is 0 Å². The number of hydrogen-bond acceptors (Lipinski definition) is 2. The second kappa shape index (κ2) is 9.14. The first kappa shape index (κ1) is 22.6. The number of hydrogen-bond donors (Lipinski definition) is 0. The fraction of sp³-hybridized carbons (Fsp3) is 0. The number of benzene rings is 6. The van der Waals surface area contributed by atoms with Crippen molar-refractivity contribution in [3.05, 3.63) is 146 Å². The summed E-state index contributed by atoms with van der Waals surface area (Å²) in [4.78, 5) is 0. The first-order chi connectivity index (χ1) is 19.8. The minimum Gasteiger partial charge on any atom is -0.456 e. The summed E-state index contributed by atoms with van der Waals surface area (Å²) in [5, 5.41) is 4.40. The summed E-state index contributed by atoms with van der Waals surface area (Å²) in [7, 11) is 0. The molecule has 0 atom stereocenters. The molecule has 0 bridgehead atoms. The molecule has 0 aliphatic rings. The van der Waals surface area contributed by atoms with E-state index < -0.39 is 0 Å². The molecule has 0 aliphatic carbocycles. The fourth-order valence-corrected chi connectivity index (χ4v) is 5.78. The van der Waals surface area contributed by atoms with E-state index in [9.17, 15) is 0 Å². The molecule has 2 heteroatoms. The van der Waals surface area contributed by atoms with E-state index in [0.717, 1.165) is 66.5 Å².